The summed E-state index contributed by atoms with van der Waals surface area (Å²) in [4.78, 5) is 12.2. The maximum Gasteiger partial charge on any atom is 0.149 e. The van der Waals surface area contributed by atoms with Crippen LogP contribution in [0.4, 0.5) is 4.39 Å². The highest BCUT2D eigenvalue weighted by Crippen LogP contribution is 2.26. The van der Waals surface area contributed by atoms with Crippen LogP contribution in [-0.2, 0) is 6.54 Å². The van der Waals surface area contributed by atoms with Gasteiger partial charge in [-0.2, -0.15) is 0 Å². The van der Waals surface area contributed by atoms with Crippen LogP contribution in [0, 0.1) is 5.82 Å². The van der Waals surface area contributed by atoms with E-state index in [-0.39, 0.29) is 5.82 Å². The SMILES string of the molecule is C=Cc1ncn(CCN)c1/C=C(\C)N.C=N/C=C(\SC)c1ccncc1F. The van der Waals surface area contributed by atoms with Crippen LogP contribution in [0.25, 0.3) is 17.1 Å². The zero-order valence-electron chi connectivity index (χ0n) is 15.6. The fourth-order valence-electron chi connectivity index (χ4n) is 2.14. The highest BCUT2D eigenvalue weighted by atomic mass is 32.2. The lowest BCUT2D eigenvalue weighted by Gasteiger charge is -2.03. The van der Waals surface area contributed by atoms with Gasteiger partial charge in [-0.05, 0) is 38.1 Å². The molecule has 2 aromatic heterocycles. The fraction of sp³-hybridized carbons (Fsp3) is 0.211. The van der Waals surface area contributed by atoms with Crippen LogP contribution in [0.3, 0.4) is 0 Å². The smallest absolute Gasteiger partial charge is 0.149 e. The van der Waals surface area contributed by atoms with Crippen molar-refractivity contribution in [2.75, 3.05) is 12.8 Å². The molecule has 0 aromatic carbocycles. The Labute approximate surface area is 163 Å². The fourth-order valence-corrected chi connectivity index (χ4v) is 2.71. The summed E-state index contributed by atoms with van der Waals surface area (Å²) in [5, 5.41) is 0. The van der Waals surface area contributed by atoms with Gasteiger partial charge in [0.15, 0.2) is 0 Å². The van der Waals surface area contributed by atoms with E-state index in [4.69, 9.17) is 11.5 Å². The number of thioether (sulfide) groups is 1. The van der Waals surface area contributed by atoms with E-state index in [2.05, 4.69) is 28.3 Å². The molecule has 8 heteroatoms. The quantitative estimate of drug-likeness (QED) is 0.709. The molecular formula is C19H25FN6S. The van der Waals surface area contributed by atoms with Gasteiger partial charge >= 0.3 is 0 Å². The van der Waals surface area contributed by atoms with E-state index < -0.39 is 0 Å². The third-order valence-corrected chi connectivity index (χ3v) is 4.07. The first-order chi connectivity index (χ1) is 13.0. The molecule has 0 saturated heterocycles. The van der Waals surface area contributed by atoms with Crippen LogP contribution in [-0.4, -0.2) is 34.1 Å². The normalized spacial score (nSPS) is 11.6. The molecule has 0 atom stereocenters. The first-order valence-electron chi connectivity index (χ1n) is 8.09. The van der Waals surface area contributed by atoms with E-state index in [1.54, 1.807) is 24.7 Å². The summed E-state index contributed by atoms with van der Waals surface area (Å²) in [5.41, 5.74) is 14.2. The molecule has 4 N–H and O–H groups in total. The number of imidazole rings is 1. The van der Waals surface area contributed by atoms with E-state index in [9.17, 15) is 4.39 Å². The third-order valence-electron chi connectivity index (χ3n) is 3.30. The summed E-state index contributed by atoms with van der Waals surface area (Å²) in [6, 6.07) is 1.61. The zero-order valence-corrected chi connectivity index (χ0v) is 16.4. The topological polar surface area (TPSA) is 95.1 Å². The number of hydrogen-bond acceptors (Lipinski definition) is 6. The van der Waals surface area contributed by atoms with Crippen LogP contribution in [0.5, 0.6) is 0 Å². The molecule has 144 valence electrons. The minimum atomic E-state index is -0.341. The van der Waals surface area contributed by atoms with Gasteiger partial charge in [0.05, 0.1) is 23.9 Å². The minimum absolute atomic E-state index is 0.341. The third kappa shape index (κ3) is 6.84. The predicted octanol–water partition coefficient (Wildman–Crippen LogP) is 3.39. The molecule has 0 unspecified atom stereocenters. The number of allylic oxidation sites excluding steroid dienone is 1. The van der Waals surface area contributed by atoms with Gasteiger partial charge in [-0.1, -0.05) is 6.58 Å². The Hall–Kier alpha value is -2.71. The Morgan fingerprint density at radius 2 is 2.22 bits per heavy atom. The summed E-state index contributed by atoms with van der Waals surface area (Å²) in [7, 11) is 0. The van der Waals surface area contributed by atoms with Gasteiger partial charge in [0.1, 0.15) is 5.82 Å². The number of hydrogen-bond donors (Lipinski definition) is 2. The van der Waals surface area contributed by atoms with Crippen molar-refractivity contribution < 1.29 is 4.39 Å². The lowest BCUT2D eigenvalue weighted by molar-refractivity contribution is 0.618. The molecule has 0 amide bonds. The van der Waals surface area contributed by atoms with Crippen LogP contribution < -0.4 is 11.5 Å². The second-order valence-corrected chi connectivity index (χ2v) is 6.17. The van der Waals surface area contributed by atoms with Gasteiger partial charge in [0, 0.05) is 41.7 Å². The summed E-state index contributed by atoms with van der Waals surface area (Å²) in [5.74, 6) is -0.341. The van der Waals surface area contributed by atoms with E-state index in [0.717, 1.165) is 28.5 Å². The van der Waals surface area contributed by atoms with Gasteiger partial charge in [0.2, 0.25) is 0 Å². The van der Waals surface area contributed by atoms with E-state index in [1.807, 2.05) is 23.8 Å². The Bertz CT molecular complexity index is 821. The van der Waals surface area contributed by atoms with Crippen LogP contribution in [0.15, 0.2) is 48.3 Å². The molecule has 0 bridgehead atoms. The summed E-state index contributed by atoms with van der Waals surface area (Å²) < 4.78 is 15.1. The van der Waals surface area contributed by atoms with Crippen molar-refractivity contribution in [2.45, 2.75) is 13.5 Å². The van der Waals surface area contributed by atoms with Crippen LogP contribution in [0.1, 0.15) is 23.9 Å². The van der Waals surface area contributed by atoms with Crippen LogP contribution >= 0.6 is 11.8 Å². The van der Waals surface area contributed by atoms with Crippen molar-refractivity contribution in [3.8, 4) is 0 Å². The molecule has 0 aliphatic heterocycles. The number of rotatable bonds is 7. The molecule has 2 aromatic rings. The molecule has 0 aliphatic carbocycles. The van der Waals surface area contributed by atoms with E-state index in [1.165, 1.54) is 24.2 Å². The first kappa shape index (κ1) is 22.3. The second kappa shape index (κ2) is 11.8. The highest BCUT2D eigenvalue weighted by Gasteiger charge is 2.06. The van der Waals surface area contributed by atoms with Crippen molar-refractivity contribution in [2.24, 2.45) is 16.5 Å². The summed E-state index contributed by atoms with van der Waals surface area (Å²) in [6.07, 6.45) is 11.5. The predicted molar refractivity (Wildman–Crippen MR) is 114 cm³/mol. The maximum absolute atomic E-state index is 13.2. The van der Waals surface area contributed by atoms with Gasteiger partial charge in [-0.3, -0.25) is 9.98 Å². The number of aromatic nitrogens is 3. The number of nitrogens with two attached hydrogens (primary N) is 2. The monoisotopic (exact) mass is 388 g/mol. The number of aliphatic imine (C=N–C) groups is 1. The van der Waals surface area contributed by atoms with Gasteiger partial charge in [-0.15, -0.1) is 11.8 Å². The largest absolute Gasteiger partial charge is 0.402 e. The summed E-state index contributed by atoms with van der Waals surface area (Å²) in [6.45, 7) is 10.2. The maximum atomic E-state index is 13.2. The minimum Gasteiger partial charge on any atom is -0.402 e. The lowest BCUT2D eigenvalue weighted by Crippen LogP contribution is -2.10. The van der Waals surface area contributed by atoms with E-state index >= 15 is 0 Å². The number of halogens is 1. The Kier molecular flexibility index (Phi) is 9.78. The van der Waals surface area contributed by atoms with Crippen LogP contribution in [0.2, 0.25) is 0 Å². The molecular weight excluding hydrogens is 363 g/mol. The molecule has 2 heterocycles. The molecule has 0 spiro atoms. The number of pyridine rings is 1. The van der Waals surface area contributed by atoms with E-state index in [0.29, 0.717) is 12.1 Å². The average Bonchev–Trinajstić information content (AvgIpc) is 3.02. The standard InChI is InChI=1S/C10H16N4.C9H9FN2S/c1-3-9-10(6-8(2)12)14(5-4-11)7-13-9;1-11-6-9(13-2)7-3-4-12-5-8(7)10/h3,6-7H,1,4-5,11-12H2,2H3;3-6H,1H2,2H3/b8-6+;9-6-. The van der Waals surface area contributed by atoms with Gasteiger partial charge < -0.3 is 16.0 Å². The van der Waals surface area contributed by atoms with Gasteiger partial charge in [0.25, 0.3) is 0 Å². The number of nitrogens with zero attached hydrogens (tertiary/aromatic N) is 4. The molecule has 0 aliphatic rings. The molecule has 0 radical (unpaired) electrons. The Balaban J connectivity index is 0.000000271. The Morgan fingerprint density at radius 3 is 2.74 bits per heavy atom. The van der Waals surface area contributed by atoms with Crippen molar-refractivity contribution in [1.82, 2.24) is 14.5 Å². The zero-order chi connectivity index (χ0) is 20.2. The van der Waals surface area contributed by atoms with Crippen molar-refractivity contribution in [1.29, 1.82) is 0 Å². The summed E-state index contributed by atoms with van der Waals surface area (Å²) >= 11 is 1.42. The molecule has 27 heavy (non-hydrogen) atoms. The Morgan fingerprint density at radius 1 is 1.48 bits per heavy atom. The highest BCUT2D eigenvalue weighted by molar-refractivity contribution is 8.07. The van der Waals surface area contributed by atoms with Crippen molar-refractivity contribution >= 4 is 35.5 Å². The van der Waals surface area contributed by atoms with Crippen molar-refractivity contribution in [3.05, 3.63) is 66.0 Å². The molecule has 0 fully saturated rings. The average molecular weight is 389 g/mol. The molecule has 6 nitrogen and oxygen atoms in total. The lowest BCUT2D eigenvalue weighted by atomic mass is 10.2. The second-order valence-electron chi connectivity index (χ2n) is 5.33. The first-order valence-corrected chi connectivity index (χ1v) is 9.32. The van der Waals surface area contributed by atoms with Crippen molar-refractivity contribution in [3.63, 3.8) is 0 Å². The van der Waals surface area contributed by atoms with Gasteiger partial charge in [-0.25, -0.2) is 9.37 Å². The molecule has 2 rings (SSSR count). The molecule has 0 saturated carbocycles.